The van der Waals surface area contributed by atoms with E-state index in [-0.39, 0.29) is 5.97 Å². The maximum absolute atomic E-state index is 11.8. The lowest BCUT2D eigenvalue weighted by Gasteiger charge is -2.09. The molecule has 0 radical (unpaired) electrons. The predicted molar refractivity (Wildman–Crippen MR) is 184 cm³/mol. The lowest BCUT2D eigenvalue weighted by Crippen LogP contribution is -2.15. The molecule has 0 aliphatic heterocycles. The molecule has 47 heavy (non-hydrogen) atoms. The maximum Gasteiger partial charge on any atom is 0.305 e. The highest BCUT2D eigenvalue weighted by Crippen LogP contribution is 2.10. The van der Waals surface area contributed by atoms with Gasteiger partial charge >= 0.3 is 5.97 Å². The summed E-state index contributed by atoms with van der Waals surface area (Å²) in [6, 6.07) is 0. The molecular formula is C36H72O11. The number of ether oxygens (including phenoxy) is 10. The van der Waals surface area contributed by atoms with E-state index in [0.717, 1.165) is 25.9 Å². The number of hydrogen-bond donors (Lipinski definition) is 0. The van der Waals surface area contributed by atoms with Crippen molar-refractivity contribution in [3.63, 3.8) is 0 Å². The number of hydrogen-bond acceptors (Lipinski definition) is 11. The standard InChI is InChI=1S/C36H72O11/c1-3-5-7-9-10-11-12-13-14-16-36(37)47-35-34-46-33-32-45-31-30-44-29-28-43-27-26-42-25-24-41-23-22-40-21-20-39-19-18-38-17-15-8-6-4-2/h3-35H2,1-2H3. The quantitative estimate of drug-likeness (QED) is 0.0545. The van der Waals surface area contributed by atoms with Gasteiger partial charge in [0.2, 0.25) is 0 Å². The van der Waals surface area contributed by atoms with Crippen LogP contribution in [-0.2, 0) is 52.2 Å². The topological polar surface area (TPSA) is 109 Å². The summed E-state index contributed by atoms with van der Waals surface area (Å²) in [7, 11) is 0. The Morgan fingerprint density at radius 2 is 0.553 bits per heavy atom. The van der Waals surface area contributed by atoms with Crippen LogP contribution in [-0.4, -0.2) is 132 Å². The van der Waals surface area contributed by atoms with Gasteiger partial charge in [-0.05, 0) is 12.8 Å². The normalized spacial score (nSPS) is 11.4. The Morgan fingerprint density at radius 3 is 0.894 bits per heavy atom. The van der Waals surface area contributed by atoms with Gasteiger partial charge in [-0.1, -0.05) is 84.5 Å². The smallest absolute Gasteiger partial charge is 0.305 e. The summed E-state index contributed by atoms with van der Waals surface area (Å²) in [5.74, 6) is -0.133. The molecule has 11 heteroatoms. The molecule has 0 heterocycles. The lowest BCUT2D eigenvalue weighted by atomic mass is 10.1. The number of esters is 1. The Balaban J connectivity index is 3.10. The fourth-order valence-corrected chi connectivity index (χ4v) is 4.36. The Bertz CT molecular complexity index is 583. The molecule has 0 fully saturated rings. The van der Waals surface area contributed by atoms with Crippen LogP contribution < -0.4 is 0 Å². The van der Waals surface area contributed by atoms with Crippen LogP contribution in [0, 0.1) is 0 Å². The fraction of sp³-hybridized carbons (Fsp3) is 0.972. The zero-order chi connectivity index (χ0) is 34.0. The van der Waals surface area contributed by atoms with Gasteiger partial charge in [-0.15, -0.1) is 0 Å². The third-order valence-electron chi connectivity index (χ3n) is 7.09. The molecule has 282 valence electrons. The molecule has 0 N–H and O–H groups in total. The molecule has 0 unspecified atom stereocenters. The van der Waals surface area contributed by atoms with Gasteiger partial charge in [-0.25, -0.2) is 0 Å². The Morgan fingerprint density at radius 1 is 0.298 bits per heavy atom. The van der Waals surface area contributed by atoms with E-state index in [1.165, 1.54) is 64.2 Å². The van der Waals surface area contributed by atoms with Crippen molar-refractivity contribution in [2.24, 2.45) is 0 Å². The van der Waals surface area contributed by atoms with Crippen molar-refractivity contribution in [1.82, 2.24) is 0 Å². The Labute approximate surface area is 287 Å². The lowest BCUT2D eigenvalue weighted by molar-refractivity contribution is -0.145. The molecule has 0 bridgehead atoms. The number of rotatable bonds is 42. The third-order valence-corrected chi connectivity index (χ3v) is 7.09. The summed E-state index contributed by atoms with van der Waals surface area (Å²) in [4.78, 5) is 11.8. The molecule has 0 saturated carbocycles. The van der Waals surface area contributed by atoms with Crippen LogP contribution in [0.1, 0.15) is 104 Å². The largest absolute Gasteiger partial charge is 0.463 e. The van der Waals surface area contributed by atoms with Crippen molar-refractivity contribution >= 4 is 5.97 Å². The zero-order valence-electron chi connectivity index (χ0n) is 30.3. The second kappa shape index (κ2) is 43.1. The van der Waals surface area contributed by atoms with E-state index < -0.39 is 0 Å². The first-order valence-electron chi connectivity index (χ1n) is 18.7. The fourth-order valence-electron chi connectivity index (χ4n) is 4.36. The van der Waals surface area contributed by atoms with Gasteiger partial charge in [0, 0.05) is 13.0 Å². The number of carbonyl (C=O) groups is 1. The van der Waals surface area contributed by atoms with Crippen LogP contribution in [0.4, 0.5) is 0 Å². The molecular weight excluding hydrogens is 608 g/mol. The van der Waals surface area contributed by atoms with E-state index >= 15 is 0 Å². The first-order valence-corrected chi connectivity index (χ1v) is 18.7. The summed E-state index contributed by atoms with van der Waals surface area (Å²) in [6.45, 7) is 14.4. The zero-order valence-corrected chi connectivity index (χ0v) is 30.3. The molecule has 0 spiro atoms. The number of unbranched alkanes of at least 4 members (excludes halogenated alkanes) is 11. The number of carbonyl (C=O) groups excluding carboxylic acids is 1. The molecule has 0 saturated heterocycles. The van der Waals surface area contributed by atoms with Gasteiger partial charge in [-0.3, -0.25) is 4.79 Å². The maximum atomic E-state index is 11.8. The van der Waals surface area contributed by atoms with Crippen LogP contribution in [0.2, 0.25) is 0 Å². The Hall–Kier alpha value is -0.890. The van der Waals surface area contributed by atoms with E-state index in [4.69, 9.17) is 47.4 Å². The first kappa shape index (κ1) is 46.1. The summed E-state index contributed by atoms with van der Waals surface area (Å²) in [5.41, 5.74) is 0. The average Bonchev–Trinajstić information content (AvgIpc) is 3.08. The summed E-state index contributed by atoms with van der Waals surface area (Å²) >= 11 is 0. The van der Waals surface area contributed by atoms with Gasteiger partial charge in [0.05, 0.1) is 112 Å². The molecule has 0 aromatic carbocycles. The molecule has 0 aromatic rings. The van der Waals surface area contributed by atoms with Gasteiger partial charge in [-0.2, -0.15) is 0 Å². The monoisotopic (exact) mass is 681 g/mol. The molecule has 0 amide bonds. The van der Waals surface area contributed by atoms with Gasteiger partial charge in [0.15, 0.2) is 0 Å². The van der Waals surface area contributed by atoms with E-state index in [0.29, 0.717) is 125 Å². The second-order valence-electron chi connectivity index (χ2n) is 11.4. The van der Waals surface area contributed by atoms with E-state index in [2.05, 4.69) is 13.8 Å². The van der Waals surface area contributed by atoms with Gasteiger partial charge < -0.3 is 47.4 Å². The van der Waals surface area contributed by atoms with Crippen molar-refractivity contribution in [2.75, 3.05) is 126 Å². The minimum atomic E-state index is -0.133. The Kier molecular flexibility index (Phi) is 42.3. The van der Waals surface area contributed by atoms with Crippen molar-refractivity contribution in [3.8, 4) is 0 Å². The van der Waals surface area contributed by atoms with Crippen LogP contribution in [0.5, 0.6) is 0 Å². The molecule has 0 aromatic heterocycles. The first-order chi connectivity index (χ1) is 23.3. The van der Waals surface area contributed by atoms with Crippen LogP contribution in [0.25, 0.3) is 0 Å². The van der Waals surface area contributed by atoms with Crippen molar-refractivity contribution in [1.29, 1.82) is 0 Å². The van der Waals surface area contributed by atoms with Crippen LogP contribution in [0.15, 0.2) is 0 Å². The van der Waals surface area contributed by atoms with Crippen LogP contribution >= 0.6 is 0 Å². The molecule has 0 aliphatic rings. The minimum Gasteiger partial charge on any atom is -0.463 e. The van der Waals surface area contributed by atoms with Crippen molar-refractivity contribution in [2.45, 2.75) is 104 Å². The van der Waals surface area contributed by atoms with E-state index in [1.807, 2.05) is 0 Å². The average molecular weight is 681 g/mol. The van der Waals surface area contributed by atoms with Gasteiger partial charge in [0.25, 0.3) is 0 Å². The van der Waals surface area contributed by atoms with E-state index in [1.54, 1.807) is 0 Å². The van der Waals surface area contributed by atoms with Crippen molar-refractivity contribution < 1.29 is 52.2 Å². The van der Waals surface area contributed by atoms with Crippen molar-refractivity contribution in [3.05, 3.63) is 0 Å². The molecule has 0 aliphatic carbocycles. The summed E-state index contributed by atoms with van der Waals surface area (Å²) in [6.07, 6.45) is 16.5. The SMILES string of the molecule is CCCCCCCCCCCC(=O)OCCOCCOCCOCCOCCOCCOCCOCCOCCOCCCCCC. The van der Waals surface area contributed by atoms with Crippen LogP contribution in [0.3, 0.4) is 0 Å². The third kappa shape index (κ3) is 43.1. The summed E-state index contributed by atoms with van der Waals surface area (Å²) in [5, 5.41) is 0. The molecule has 11 nitrogen and oxygen atoms in total. The minimum absolute atomic E-state index is 0.133. The van der Waals surface area contributed by atoms with E-state index in [9.17, 15) is 4.79 Å². The second-order valence-corrected chi connectivity index (χ2v) is 11.4. The highest BCUT2D eigenvalue weighted by molar-refractivity contribution is 5.69. The highest BCUT2D eigenvalue weighted by atomic mass is 16.6. The molecule has 0 rings (SSSR count). The summed E-state index contributed by atoms with van der Waals surface area (Å²) < 4.78 is 54.6. The predicted octanol–water partition coefficient (Wildman–Crippen LogP) is 6.18. The molecule has 0 atom stereocenters. The van der Waals surface area contributed by atoms with Gasteiger partial charge in [0.1, 0.15) is 6.61 Å². The highest BCUT2D eigenvalue weighted by Gasteiger charge is 2.03.